The van der Waals surface area contributed by atoms with E-state index in [1.807, 2.05) is 11.7 Å². The van der Waals surface area contributed by atoms with E-state index in [1.165, 1.54) is 24.1 Å². The lowest BCUT2D eigenvalue weighted by Crippen LogP contribution is -1.92. The molecule has 0 N–H and O–H groups in total. The molecule has 2 heteroatoms. The molecule has 0 saturated carbocycles. The van der Waals surface area contributed by atoms with Crippen LogP contribution in [0.25, 0.3) is 0 Å². The van der Waals surface area contributed by atoms with Crippen molar-refractivity contribution in [3.8, 4) is 0 Å². The molecule has 1 rings (SSSR count). The standard InChI is InChI=1S/C10H18N2/c1-4-6-7-10-9(5-2)8-12(3)11-10/h8H,4-7H2,1-3H3. The molecule has 0 amide bonds. The highest BCUT2D eigenvalue weighted by Gasteiger charge is 2.03. The van der Waals surface area contributed by atoms with E-state index < -0.39 is 0 Å². The van der Waals surface area contributed by atoms with Gasteiger partial charge in [0.1, 0.15) is 0 Å². The van der Waals surface area contributed by atoms with E-state index >= 15 is 0 Å². The summed E-state index contributed by atoms with van der Waals surface area (Å²) in [6.07, 6.45) is 6.88. The predicted octanol–water partition coefficient (Wildman–Crippen LogP) is 2.33. The fourth-order valence-electron chi connectivity index (χ4n) is 1.43. The number of nitrogens with zero attached hydrogens (tertiary/aromatic N) is 2. The number of aryl methyl sites for hydroxylation is 3. The smallest absolute Gasteiger partial charge is 0.0656 e. The molecule has 0 atom stereocenters. The molecule has 12 heavy (non-hydrogen) atoms. The lowest BCUT2D eigenvalue weighted by atomic mass is 10.1. The van der Waals surface area contributed by atoms with E-state index in [2.05, 4.69) is 25.1 Å². The Balaban J connectivity index is 2.68. The minimum Gasteiger partial charge on any atom is -0.275 e. The maximum absolute atomic E-state index is 4.44. The van der Waals surface area contributed by atoms with Crippen molar-refractivity contribution in [3.05, 3.63) is 17.5 Å². The van der Waals surface area contributed by atoms with Crippen LogP contribution in [0.15, 0.2) is 6.20 Å². The third-order valence-corrected chi connectivity index (χ3v) is 2.14. The summed E-state index contributed by atoms with van der Waals surface area (Å²) in [5, 5.41) is 4.44. The molecule has 0 aliphatic heterocycles. The van der Waals surface area contributed by atoms with Gasteiger partial charge in [-0.1, -0.05) is 20.3 Å². The molecule has 0 aromatic carbocycles. The third-order valence-electron chi connectivity index (χ3n) is 2.14. The van der Waals surface area contributed by atoms with Gasteiger partial charge in [-0.05, 0) is 24.8 Å². The molecule has 0 spiro atoms. The van der Waals surface area contributed by atoms with E-state index in [0.717, 1.165) is 12.8 Å². The number of unbranched alkanes of at least 4 members (excludes halogenated alkanes) is 1. The minimum absolute atomic E-state index is 1.10. The van der Waals surface area contributed by atoms with Crippen molar-refractivity contribution in [1.29, 1.82) is 0 Å². The van der Waals surface area contributed by atoms with Gasteiger partial charge in [-0.15, -0.1) is 0 Å². The Kier molecular flexibility index (Phi) is 3.32. The van der Waals surface area contributed by atoms with Crippen molar-refractivity contribution < 1.29 is 0 Å². The van der Waals surface area contributed by atoms with Gasteiger partial charge in [0.25, 0.3) is 0 Å². The zero-order valence-corrected chi connectivity index (χ0v) is 8.30. The van der Waals surface area contributed by atoms with Crippen molar-refractivity contribution in [2.24, 2.45) is 7.05 Å². The molecule has 0 bridgehead atoms. The fourth-order valence-corrected chi connectivity index (χ4v) is 1.43. The SMILES string of the molecule is CCCCc1nn(C)cc1CC. The Morgan fingerprint density at radius 2 is 2.17 bits per heavy atom. The van der Waals surface area contributed by atoms with E-state index in [0.29, 0.717) is 0 Å². The van der Waals surface area contributed by atoms with Crippen molar-refractivity contribution in [2.45, 2.75) is 39.5 Å². The first-order valence-electron chi connectivity index (χ1n) is 4.79. The first-order chi connectivity index (χ1) is 5.77. The van der Waals surface area contributed by atoms with Crippen LogP contribution in [0.5, 0.6) is 0 Å². The summed E-state index contributed by atoms with van der Waals surface area (Å²) in [5.74, 6) is 0. The number of rotatable bonds is 4. The van der Waals surface area contributed by atoms with E-state index in [1.54, 1.807) is 0 Å². The van der Waals surface area contributed by atoms with Crippen molar-refractivity contribution >= 4 is 0 Å². The van der Waals surface area contributed by atoms with Gasteiger partial charge in [-0.25, -0.2) is 0 Å². The average Bonchev–Trinajstić information content (AvgIpc) is 2.42. The Labute approximate surface area is 74.6 Å². The number of hydrogen-bond acceptors (Lipinski definition) is 1. The van der Waals surface area contributed by atoms with Crippen molar-refractivity contribution in [1.82, 2.24) is 9.78 Å². The van der Waals surface area contributed by atoms with Gasteiger partial charge in [0.15, 0.2) is 0 Å². The maximum Gasteiger partial charge on any atom is 0.0656 e. The lowest BCUT2D eigenvalue weighted by Gasteiger charge is -1.96. The Morgan fingerprint density at radius 3 is 2.75 bits per heavy atom. The van der Waals surface area contributed by atoms with Gasteiger partial charge >= 0.3 is 0 Å². The molecular formula is C10H18N2. The Morgan fingerprint density at radius 1 is 1.42 bits per heavy atom. The molecule has 2 nitrogen and oxygen atoms in total. The maximum atomic E-state index is 4.44. The van der Waals surface area contributed by atoms with Gasteiger partial charge in [-0.2, -0.15) is 5.10 Å². The van der Waals surface area contributed by atoms with E-state index in [4.69, 9.17) is 0 Å². The largest absolute Gasteiger partial charge is 0.275 e. The van der Waals surface area contributed by atoms with Crippen LogP contribution in [-0.2, 0) is 19.9 Å². The second-order valence-corrected chi connectivity index (χ2v) is 3.23. The van der Waals surface area contributed by atoms with Gasteiger partial charge in [0, 0.05) is 13.2 Å². The van der Waals surface area contributed by atoms with E-state index in [9.17, 15) is 0 Å². The highest BCUT2D eigenvalue weighted by Crippen LogP contribution is 2.10. The molecule has 0 aliphatic rings. The van der Waals surface area contributed by atoms with Crippen LogP contribution in [0.4, 0.5) is 0 Å². The molecular weight excluding hydrogens is 148 g/mol. The lowest BCUT2D eigenvalue weighted by molar-refractivity contribution is 0.712. The normalized spacial score (nSPS) is 10.6. The highest BCUT2D eigenvalue weighted by atomic mass is 15.2. The van der Waals surface area contributed by atoms with Gasteiger partial charge in [0.05, 0.1) is 5.69 Å². The van der Waals surface area contributed by atoms with Crippen LogP contribution in [0.2, 0.25) is 0 Å². The van der Waals surface area contributed by atoms with Crippen LogP contribution in [-0.4, -0.2) is 9.78 Å². The monoisotopic (exact) mass is 166 g/mol. The summed E-state index contributed by atoms with van der Waals surface area (Å²) in [6, 6.07) is 0. The van der Waals surface area contributed by atoms with Gasteiger partial charge < -0.3 is 0 Å². The molecule has 68 valence electrons. The third kappa shape index (κ3) is 2.10. The summed E-state index contributed by atoms with van der Waals surface area (Å²) >= 11 is 0. The molecule has 0 aliphatic carbocycles. The molecule has 0 fully saturated rings. The summed E-state index contributed by atoms with van der Waals surface area (Å²) < 4.78 is 1.92. The van der Waals surface area contributed by atoms with Crippen LogP contribution in [0.1, 0.15) is 37.9 Å². The molecule has 0 radical (unpaired) electrons. The van der Waals surface area contributed by atoms with Crippen molar-refractivity contribution in [2.75, 3.05) is 0 Å². The first-order valence-corrected chi connectivity index (χ1v) is 4.79. The molecule has 1 heterocycles. The molecule has 1 aromatic rings. The Bertz CT molecular complexity index is 238. The summed E-state index contributed by atoms with van der Waals surface area (Å²) in [4.78, 5) is 0. The topological polar surface area (TPSA) is 17.8 Å². The number of hydrogen-bond donors (Lipinski definition) is 0. The second-order valence-electron chi connectivity index (χ2n) is 3.23. The second kappa shape index (κ2) is 4.29. The van der Waals surface area contributed by atoms with Crippen molar-refractivity contribution in [3.63, 3.8) is 0 Å². The molecule has 0 saturated heterocycles. The first kappa shape index (κ1) is 9.30. The van der Waals surface area contributed by atoms with E-state index in [-0.39, 0.29) is 0 Å². The van der Waals surface area contributed by atoms with Crippen LogP contribution in [0, 0.1) is 0 Å². The molecule has 0 unspecified atom stereocenters. The van der Waals surface area contributed by atoms with Crippen LogP contribution < -0.4 is 0 Å². The summed E-state index contributed by atoms with van der Waals surface area (Å²) in [7, 11) is 1.99. The highest BCUT2D eigenvalue weighted by molar-refractivity contribution is 5.16. The quantitative estimate of drug-likeness (QED) is 0.671. The van der Waals surface area contributed by atoms with Crippen LogP contribution in [0.3, 0.4) is 0 Å². The van der Waals surface area contributed by atoms with Gasteiger partial charge in [0.2, 0.25) is 0 Å². The molecule has 1 aromatic heterocycles. The van der Waals surface area contributed by atoms with Gasteiger partial charge in [-0.3, -0.25) is 4.68 Å². The van der Waals surface area contributed by atoms with Crippen LogP contribution >= 0.6 is 0 Å². The summed E-state index contributed by atoms with van der Waals surface area (Å²) in [6.45, 7) is 4.40. The minimum atomic E-state index is 1.10. The average molecular weight is 166 g/mol. The zero-order valence-electron chi connectivity index (χ0n) is 8.30. The Hall–Kier alpha value is -0.790. The predicted molar refractivity (Wildman–Crippen MR) is 51.2 cm³/mol. The fraction of sp³-hybridized carbons (Fsp3) is 0.700. The number of aromatic nitrogens is 2. The summed E-state index contributed by atoms with van der Waals surface area (Å²) in [5.41, 5.74) is 2.70. The zero-order chi connectivity index (χ0) is 8.97.